The molecule has 0 saturated carbocycles. The van der Waals surface area contributed by atoms with Crippen LogP contribution in [0.15, 0.2) is 11.8 Å². The highest BCUT2D eigenvalue weighted by molar-refractivity contribution is 6.01. The van der Waals surface area contributed by atoms with Crippen LogP contribution in [0.1, 0.15) is 32.6 Å². The van der Waals surface area contributed by atoms with Crippen molar-refractivity contribution >= 4 is 5.78 Å². The van der Waals surface area contributed by atoms with E-state index in [1.54, 1.807) is 0 Å². The summed E-state index contributed by atoms with van der Waals surface area (Å²) < 4.78 is 5.39. The predicted octanol–water partition coefficient (Wildman–Crippen LogP) is 1.39. The minimum absolute atomic E-state index is 0.134. The number of carbonyl (C=O) groups excluding carboxylic acids is 1. The highest BCUT2D eigenvalue weighted by Gasteiger charge is 2.38. The number of hydrogen-bond acceptors (Lipinski definition) is 3. The molecule has 0 aromatic heterocycles. The second kappa shape index (κ2) is 3.73. The van der Waals surface area contributed by atoms with Gasteiger partial charge in [-0.3, -0.25) is 4.79 Å². The lowest BCUT2D eigenvalue weighted by molar-refractivity contribution is -0.124. The van der Waals surface area contributed by atoms with Gasteiger partial charge in [0.2, 0.25) is 5.78 Å². The zero-order chi connectivity index (χ0) is 10.0. The molecule has 0 aromatic carbocycles. The Morgan fingerprint density at radius 3 is 3.00 bits per heavy atom. The van der Waals surface area contributed by atoms with Crippen LogP contribution in [0.25, 0.3) is 0 Å². The molecular formula is C11H17NO2. The number of allylic oxidation sites excluding steroid dienone is 1. The molecular weight excluding hydrogens is 178 g/mol. The third-order valence-corrected chi connectivity index (χ3v) is 3.03. The first-order valence-electron chi connectivity index (χ1n) is 5.35. The number of rotatable bonds is 2. The quantitative estimate of drug-likeness (QED) is 0.723. The van der Waals surface area contributed by atoms with Gasteiger partial charge in [0.1, 0.15) is 0 Å². The lowest BCUT2D eigenvalue weighted by Crippen LogP contribution is -2.45. The molecule has 3 heteroatoms. The average Bonchev–Trinajstić information content (AvgIpc) is 2.67. The van der Waals surface area contributed by atoms with Gasteiger partial charge >= 0.3 is 0 Å². The number of hydrogen-bond donors (Lipinski definition) is 1. The largest absolute Gasteiger partial charge is 0.490 e. The standard InChI is InChI=1S/C11H17NO2/c1-11(6-4-7-12-11)10(13)9-5-2-3-8-14-9/h5,12H,2-4,6-8H2,1H3. The van der Waals surface area contributed by atoms with E-state index in [1.165, 1.54) is 0 Å². The van der Waals surface area contributed by atoms with Crippen molar-refractivity contribution in [1.82, 2.24) is 5.32 Å². The number of nitrogens with one attached hydrogen (secondary N) is 1. The van der Waals surface area contributed by atoms with Crippen molar-refractivity contribution in [3.05, 3.63) is 11.8 Å². The van der Waals surface area contributed by atoms with E-state index >= 15 is 0 Å². The van der Waals surface area contributed by atoms with Crippen LogP contribution in [-0.4, -0.2) is 24.5 Å². The molecule has 0 aliphatic carbocycles. The van der Waals surface area contributed by atoms with Gasteiger partial charge in [0.15, 0.2) is 5.76 Å². The Bertz CT molecular complexity index is 264. The van der Waals surface area contributed by atoms with Crippen molar-refractivity contribution in [2.24, 2.45) is 0 Å². The second-order valence-electron chi connectivity index (χ2n) is 4.25. The summed E-state index contributed by atoms with van der Waals surface area (Å²) in [5, 5.41) is 3.26. The van der Waals surface area contributed by atoms with E-state index in [2.05, 4.69) is 5.32 Å². The van der Waals surface area contributed by atoms with Crippen molar-refractivity contribution in [2.45, 2.75) is 38.1 Å². The third-order valence-electron chi connectivity index (χ3n) is 3.03. The fourth-order valence-electron chi connectivity index (χ4n) is 2.08. The number of carbonyl (C=O) groups is 1. The molecule has 2 heterocycles. The molecule has 1 fully saturated rings. The fourth-order valence-corrected chi connectivity index (χ4v) is 2.08. The summed E-state index contributed by atoms with van der Waals surface area (Å²) in [5.41, 5.74) is -0.372. The van der Waals surface area contributed by atoms with Gasteiger partial charge in [0.05, 0.1) is 12.1 Å². The summed E-state index contributed by atoms with van der Waals surface area (Å²) in [7, 11) is 0. The molecule has 0 bridgehead atoms. The van der Waals surface area contributed by atoms with Gasteiger partial charge in [-0.1, -0.05) is 0 Å². The van der Waals surface area contributed by atoms with Gasteiger partial charge in [-0.2, -0.15) is 0 Å². The Labute approximate surface area is 84.5 Å². The fraction of sp³-hybridized carbons (Fsp3) is 0.727. The van der Waals surface area contributed by atoms with E-state index in [1.807, 2.05) is 13.0 Å². The van der Waals surface area contributed by atoms with Crippen LogP contribution in [0.5, 0.6) is 0 Å². The Hall–Kier alpha value is -0.830. The molecule has 1 unspecified atom stereocenters. The smallest absolute Gasteiger partial charge is 0.216 e. The Morgan fingerprint density at radius 1 is 1.57 bits per heavy atom. The van der Waals surface area contributed by atoms with Crippen LogP contribution < -0.4 is 5.32 Å². The van der Waals surface area contributed by atoms with Crippen LogP contribution in [0.2, 0.25) is 0 Å². The topological polar surface area (TPSA) is 38.3 Å². The second-order valence-corrected chi connectivity index (χ2v) is 4.25. The molecule has 2 rings (SSSR count). The Balaban J connectivity index is 2.10. The first-order valence-corrected chi connectivity index (χ1v) is 5.35. The summed E-state index contributed by atoms with van der Waals surface area (Å²) >= 11 is 0. The van der Waals surface area contributed by atoms with Crippen LogP contribution >= 0.6 is 0 Å². The van der Waals surface area contributed by atoms with Gasteiger partial charge < -0.3 is 10.1 Å². The Morgan fingerprint density at radius 2 is 2.43 bits per heavy atom. The van der Waals surface area contributed by atoms with Crippen LogP contribution in [-0.2, 0) is 9.53 Å². The van der Waals surface area contributed by atoms with Gasteiger partial charge in [-0.05, 0) is 45.2 Å². The van der Waals surface area contributed by atoms with E-state index < -0.39 is 0 Å². The summed E-state index contributed by atoms with van der Waals surface area (Å²) in [6.07, 6.45) is 5.93. The molecule has 78 valence electrons. The highest BCUT2D eigenvalue weighted by atomic mass is 16.5. The number of ketones is 1. The normalized spacial score (nSPS) is 32.2. The summed E-state index contributed by atoms with van der Waals surface area (Å²) in [6, 6.07) is 0. The zero-order valence-electron chi connectivity index (χ0n) is 8.64. The van der Waals surface area contributed by atoms with Crippen molar-refractivity contribution in [3.8, 4) is 0 Å². The maximum absolute atomic E-state index is 12.1. The molecule has 2 aliphatic heterocycles. The monoisotopic (exact) mass is 195 g/mol. The number of ether oxygens (including phenoxy) is 1. The molecule has 0 radical (unpaired) electrons. The van der Waals surface area contributed by atoms with Gasteiger partial charge in [-0.15, -0.1) is 0 Å². The van der Waals surface area contributed by atoms with Crippen molar-refractivity contribution in [1.29, 1.82) is 0 Å². The van der Waals surface area contributed by atoms with E-state index in [4.69, 9.17) is 4.74 Å². The maximum atomic E-state index is 12.1. The maximum Gasteiger partial charge on any atom is 0.216 e. The van der Waals surface area contributed by atoms with E-state index in [9.17, 15) is 4.79 Å². The van der Waals surface area contributed by atoms with E-state index in [0.29, 0.717) is 12.4 Å². The summed E-state index contributed by atoms with van der Waals surface area (Å²) in [4.78, 5) is 12.1. The lowest BCUT2D eigenvalue weighted by Gasteiger charge is -2.25. The van der Waals surface area contributed by atoms with Gasteiger partial charge in [0.25, 0.3) is 0 Å². The molecule has 0 amide bonds. The minimum Gasteiger partial charge on any atom is -0.490 e. The predicted molar refractivity (Wildman–Crippen MR) is 53.9 cm³/mol. The molecule has 1 atom stereocenters. The molecule has 0 spiro atoms. The number of Topliss-reactive ketones (excluding diaryl/α,β-unsaturated/α-hetero) is 1. The minimum atomic E-state index is -0.372. The van der Waals surface area contributed by atoms with Crippen LogP contribution in [0.3, 0.4) is 0 Å². The third kappa shape index (κ3) is 1.69. The first-order chi connectivity index (χ1) is 6.72. The highest BCUT2D eigenvalue weighted by Crippen LogP contribution is 2.25. The van der Waals surface area contributed by atoms with Gasteiger partial charge in [-0.25, -0.2) is 0 Å². The van der Waals surface area contributed by atoms with Crippen LogP contribution in [0, 0.1) is 0 Å². The summed E-state index contributed by atoms with van der Waals surface area (Å²) in [5.74, 6) is 0.711. The molecule has 1 N–H and O–H groups in total. The average molecular weight is 195 g/mol. The zero-order valence-corrected chi connectivity index (χ0v) is 8.64. The molecule has 1 saturated heterocycles. The SMILES string of the molecule is CC1(C(=O)C2=CCCCO2)CCCN1. The van der Waals surface area contributed by atoms with Crippen molar-refractivity contribution in [2.75, 3.05) is 13.2 Å². The molecule has 2 aliphatic rings. The van der Waals surface area contributed by atoms with Crippen molar-refractivity contribution in [3.63, 3.8) is 0 Å². The molecule has 14 heavy (non-hydrogen) atoms. The van der Waals surface area contributed by atoms with E-state index in [-0.39, 0.29) is 11.3 Å². The molecule has 0 aromatic rings. The first kappa shape index (κ1) is 9.71. The van der Waals surface area contributed by atoms with E-state index in [0.717, 1.165) is 32.2 Å². The van der Waals surface area contributed by atoms with Gasteiger partial charge in [0, 0.05) is 0 Å². The van der Waals surface area contributed by atoms with Crippen LogP contribution in [0.4, 0.5) is 0 Å². The molecule has 3 nitrogen and oxygen atoms in total. The lowest BCUT2D eigenvalue weighted by atomic mass is 9.92. The van der Waals surface area contributed by atoms with Crippen molar-refractivity contribution < 1.29 is 9.53 Å². The Kier molecular flexibility index (Phi) is 2.59. The summed E-state index contributed by atoms with van der Waals surface area (Å²) in [6.45, 7) is 3.60.